The summed E-state index contributed by atoms with van der Waals surface area (Å²) in [5, 5.41) is 13.9. The SMILES string of the molecule is CC(Oc1nn(C)cc1[N+](=O)[O-])C(F)(F)F. The summed E-state index contributed by atoms with van der Waals surface area (Å²) in [6.45, 7) is 0.748. The minimum Gasteiger partial charge on any atom is -0.459 e. The van der Waals surface area contributed by atoms with Gasteiger partial charge in [-0.2, -0.15) is 13.2 Å². The predicted octanol–water partition coefficient (Wildman–Crippen LogP) is 1.66. The van der Waals surface area contributed by atoms with Gasteiger partial charge in [-0.25, -0.2) is 0 Å². The summed E-state index contributed by atoms with van der Waals surface area (Å²) in [5.74, 6) is -0.641. The van der Waals surface area contributed by atoms with Gasteiger partial charge in [0.05, 0.1) is 4.92 Å². The molecule has 0 radical (unpaired) electrons. The highest BCUT2D eigenvalue weighted by Gasteiger charge is 2.40. The number of nitro groups is 1. The fourth-order valence-electron chi connectivity index (χ4n) is 0.899. The third-order valence-corrected chi connectivity index (χ3v) is 1.72. The smallest absolute Gasteiger partial charge is 0.425 e. The van der Waals surface area contributed by atoms with Crippen LogP contribution in [0.1, 0.15) is 6.92 Å². The number of ether oxygens (including phenoxy) is 1. The van der Waals surface area contributed by atoms with Gasteiger partial charge in [-0.05, 0) is 6.92 Å². The van der Waals surface area contributed by atoms with E-state index in [-0.39, 0.29) is 0 Å². The largest absolute Gasteiger partial charge is 0.459 e. The van der Waals surface area contributed by atoms with Gasteiger partial charge >= 0.3 is 17.7 Å². The molecule has 1 aromatic heterocycles. The van der Waals surface area contributed by atoms with Gasteiger partial charge < -0.3 is 4.74 Å². The zero-order chi connectivity index (χ0) is 12.5. The number of rotatable bonds is 3. The lowest BCUT2D eigenvalue weighted by Crippen LogP contribution is -2.31. The standard InChI is InChI=1S/C7H8F3N3O3/c1-4(7(8,9)10)16-6-5(13(14)15)3-12(2)11-6/h3-4H,1-2H3. The molecule has 0 aromatic carbocycles. The Balaban J connectivity index is 2.93. The van der Waals surface area contributed by atoms with Crippen LogP contribution in [-0.2, 0) is 7.05 Å². The number of aromatic nitrogens is 2. The van der Waals surface area contributed by atoms with Gasteiger partial charge in [0.2, 0.25) is 0 Å². The van der Waals surface area contributed by atoms with Crippen LogP contribution < -0.4 is 4.74 Å². The maximum absolute atomic E-state index is 12.1. The molecule has 1 heterocycles. The second kappa shape index (κ2) is 3.99. The van der Waals surface area contributed by atoms with Crippen LogP contribution in [0.25, 0.3) is 0 Å². The second-order valence-corrected chi connectivity index (χ2v) is 3.05. The predicted molar refractivity (Wildman–Crippen MR) is 46.0 cm³/mol. The van der Waals surface area contributed by atoms with Crippen LogP contribution in [0.15, 0.2) is 6.20 Å². The molecule has 0 N–H and O–H groups in total. The van der Waals surface area contributed by atoms with E-state index < -0.39 is 28.8 Å². The first-order valence-corrected chi connectivity index (χ1v) is 4.13. The molecule has 0 aliphatic carbocycles. The zero-order valence-electron chi connectivity index (χ0n) is 8.35. The normalized spacial score (nSPS) is 13.6. The van der Waals surface area contributed by atoms with Gasteiger partial charge in [0, 0.05) is 7.05 Å². The highest BCUT2D eigenvalue weighted by molar-refractivity contribution is 5.38. The van der Waals surface area contributed by atoms with Gasteiger partial charge in [-0.15, -0.1) is 5.10 Å². The third kappa shape index (κ3) is 2.61. The van der Waals surface area contributed by atoms with E-state index in [1.165, 1.54) is 7.05 Å². The van der Waals surface area contributed by atoms with E-state index in [1.54, 1.807) is 0 Å². The van der Waals surface area contributed by atoms with Gasteiger partial charge in [0.25, 0.3) is 0 Å². The van der Waals surface area contributed by atoms with Gasteiger partial charge in [0.15, 0.2) is 6.10 Å². The van der Waals surface area contributed by atoms with Gasteiger partial charge in [-0.1, -0.05) is 0 Å². The lowest BCUT2D eigenvalue weighted by molar-refractivity contribution is -0.386. The summed E-state index contributed by atoms with van der Waals surface area (Å²) < 4.78 is 41.8. The molecule has 1 atom stereocenters. The molecule has 0 aliphatic heterocycles. The number of hydrogen-bond donors (Lipinski definition) is 0. The maximum Gasteiger partial charge on any atom is 0.425 e. The molecule has 0 saturated carbocycles. The van der Waals surface area contributed by atoms with Crippen molar-refractivity contribution in [1.82, 2.24) is 9.78 Å². The first-order chi connectivity index (χ1) is 7.21. The van der Waals surface area contributed by atoms with Crippen molar-refractivity contribution in [3.63, 3.8) is 0 Å². The summed E-state index contributed by atoms with van der Waals surface area (Å²) >= 11 is 0. The van der Waals surface area contributed by atoms with Crippen LogP contribution in [0.2, 0.25) is 0 Å². The first-order valence-electron chi connectivity index (χ1n) is 4.13. The van der Waals surface area contributed by atoms with E-state index in [0.717, 1.165) is 17.8 Å². The first kappa shape index (κ1) is 12.3. The Labute approximate surface area is 87.8 Å². The Hall–Kier alpha value is -1.80. The Morgan fingerprint density at radius 1 is 1.62 bits per heavy atom. The average molecular weight is 239 g/mol. The van der Waals surface area contributed by atoms with Crippen LogP contribution >= 0.6 is 0 Å². The fourth-order valence-corrected chi connectivity index (χ4v) is 0.899. The molecule has 6 nitrogen and oxygen atoms in total. The molecule has 0 aliphatic rings. The fraction of sp³-hybridized carbons (Fsp3) is 0.571. The molecule has 0 saturated heterocycles. The van der Waals surface area contributed by atoms with Crippen molar-refractivity contribution in [1.29, 1.82) is 0 Å². The number of halogens is 3. The van der Waals surface area contributed by atoms with Crippen LogP contribution in [0.5, 0.6) is 5.88 Å². The summed E-state index contributed by atoms with van der Waals surface area (Å²) in [5.41, 5.74) is -0.599. The minimum absolute atomic E-state index is 0.599. The van der Waals surface area contributed by atoms with Crippen molar-refractivity contribution >= 4 is 5.69 Å². The Morgan fingerprint density at radius 2 is 2.19 bits per heavy atom. The van der Waals surface area contributed by atoms with Crippen molar-refractivity contribution < 1.29 is 22.8 Å². The highest BCUT2D eigenvalue weighted by Crippen LogP contribution is 2.29. The molecule has 1 unspecified atom stereocenters. The zero-order valence-corrected chi connectivity index (χ0v) is 8.35. The molecule has 9 heteroatoms. The van der Waals surface area contributed by atoms with E-state index >= 15 is 0 Å². The van der Waals surface area contributed by atoms with Crippen LogP contribution in [-0.4, -0.2) is 27.0 Å². The maximum atomic E-state index is 12.1. The summed E-state index contributed by atoms with van der Waals surface area (Å²) in [6, 6.07) is 0. The topological polar surface area (TPSA) is 70.2 Å². The second-order valence-electron chi connectivity index (χ2n) is 3.05. The molecular formula is C7H8F3N3O3. The molecule has 0 bridgehead atoms. The summed E-state index contributed by atoms with van der Waals surface area (Å²) in [7, 11) is 1.35. The molecule has 0 amide bonds. The van der Waals surface area contributed by atoms with Crippen LogP contribution in [0, 0.1) is 10.1 Å². The van der Waals surface area contributed by atoms with E-state index in [2.05, 4.69) is 9.84 Å². The van der Waals surface area contributed by atoms with Crippen molar-refractivity contribution in [3.05, 3.63) is 16.3 Å². The molecule has 0 fully saturated rings. The van der Waals surface area contributed by atoms with Crippen molar-refractivity contribution in [3.8, 4) is 5.88 Å². The number of nitrogens with zero attached hydrogens (tertiary/aromatic N) is 3. The van der Waals surface area contributed by atoms with Crippen LogP contribution in [0.4, 0.5) is 18.9 Å². The van der Waals surface area contributed by atoms with E-state index in [4.69, 9.17) is 0 Å². The Bertz CT molecular complexity index is 401. The van der Waals surface area contributed by atoms with Crippen molar-refractivity contribution in [2.45, 2.75) is 19.2 Å². The molecule has 90 valence electrons. The third-order valence-electron chi connectivity index (χ3n) is 1.72. The van der Waals surface area contributed by atoms with Crippen molar-refractivity contribution in [2.75, 3.05) is 0 Å². The molecule has 1 rings (SSSR count). The van der Waals surface area contributed by atoms with Gasteiger partial charge in [-0.3, -0.25) is 14.8 Å². The highest BCUT2D eigenvalue weighted by atomic mass is 19.4. The molecule has 0 spiro atoms. The minimum atomic E-state index is -4.59. The molecular weight excluding hydrogens is 231 g/mol. The lowest BCUT2D eigenvalue weighted by Gasteiger charge is -2.15. The summed E-state index contributed by atoms with van der Waals surface area (Å²) in [6.07, 6.45) is -5.77. The molecule has 16 heavy (non-hydrogen) atoms. The van der Waals surface area contributed by atoms with E-state index in [0.29, 0.717) is 0 Å². The van der Waals surface area contributed by atoms with E-state index in [1.807, 2.05) is 0 Å². The molecule has 1 aromatic rings. The Morgan fingerprint density at radius 3 is 2.62 bits per heavy atom. The Kier molecular flexibility index (Phi) is 3.06. The quantitative estimate of drug-likeness (QED) is 0.594. The number of aryl methyl sites for hydroxylation is 1. The summed E-state index contributed by atoms with van der Waals surface area (Å²) in [4.78, 5) is 9.60. The average Bonchev–Trinajstić information content (AvgIpc) is 2.45. The van der Waals surface area contributed by atoms with Gasteiger partial charge in [0.1, 0.15) is 6.20 Å². The lowest BCUT2D eigenvalue weighted by atomic mass is 10.4. The van der Waals surface area contributed by atoms with E-state index in [9.17, 15) is 23.3 Å². The van der Waals surface area contributed by atoms with Crippen molar-refractivity contribution in [2.24, 2.45) is 7.05 Å². The number of alkyl halides is 3. The monoisotopic (exact) mass is 239 g/mol. The van der Waals surface area contributed by atoms with Crippen LogP contribution in [0.3, 0.4) is 0 Å². The number of hydrogen-bond acceptors (Lipinski definition) is 4.